The molecule has 0 saturated carbocycles. The zero-order valence-corrected chi connectivity index (χ0v) is 30.1. The molecule has 11 heteroatoms. The minimum absolute atomic E-state index is 0.157. The molecule has 0 saturated heterocycles. The Balaban J connectivity index is 2.99. The van der Waals surface area contributed by atoms with E-state index >= 15 is 0 Å². The molecule has 2 aromatic rings. The molecule has 0 fully saturated rings. The van der Waals surface area contributed by atoms with Crippen molar-refractivity contribution in [2.24, 2.45) is 0 Å². The monoisotopic (exact) mass is 671 g/mol. The minimum Gasteiger partial charge on any atom is -0.257 e. The summed E-state index contributed by atoms with van der Waals surface area (Å²) in [5.74, 6) is 0. The summed E-state index contributed by atoms with van der Waals surface area (Å²) in [6.07, 6.45) is -9.08. The van der Waals surface area contributed by atoms with Crippen molar-refractivity contribution in [1.82, 2.24) is 4.98 Å². The number of halogens is 6. The third-order valence-corrected chi connectivity index (χ3v) is 25.5. The van der Waals surface area contributed by atoms with Gasteiger partial charge in [0.1, 0.15) is 0 Å². The molecule has 0 unspecified atom stereocenters. The molecule has 1 aromatic carbocycles. The number of alkyl halides is 6. The highest BCUT2D eigenvalue weighted by Gasteiger charge is 2.44. The number of pyridine rings is 1. The quantitative estimate of drug-likeness (QED) is 0.232. The fourth-order valence-corrected chi connectivity index (χ4v) is 13.5. The van der Waals surface area contributed by atoms with E-state index < -0.39 is 35.6 Å². The van der Waals surface area contributed by atoms with Crippen LogP contribution >= 0.6 is 12.1 Å². The lowest BCUT2D eigenvalue weighted by atomic mass is 9.98. The molecule has 238 valence electrons. The highest BCUT2D eigenvalue weighted by atomic mass is 32.4. The first-order valence-electron chi connectivity index (χ1n) is 13.8. The molecule has 0 spiro atoms. The Bertz CT molecular complexity index is 1260. The van der Waals surface area contributed by atoms with Crippen molar-refractivity contribution in [1.29, 1.82) is 0 Å². The second kappa shape index (κ2) is 11.6. The molecule has 1 nitrogen and oxygen atoms in total. The Kier molecular flexibility index (Phi) is 10.3. The molecule has 0 radical (unpaired) electrons. The van der Waals surface area contributed by atoms with Gasteiger partial charge in [-0.05, 0) is 74.2 Å². The molecule has 0 aliphatic heterocycles. The lowest BCUT2D eigenvalue weighted by Crippen LogP contribution is -2.30. The van der Waals surface area contributed by atoms with Crippen molar-refractivity contribution in [3.8, 4) is 11.1 Å². The molecule has 0 atom stereocenters. The fourth-order valence-electron chi connectivity index (χ4n) is 5.52. The molecule has 42 heavy (non-hydrogen) atoms. The Morgan fingerprint density at radius 2 is 0.762 bits per heavy atom. The predicted molar refractivity (Wildman–Crippen MR) is 175 cm³/mol. The van der Waals surface area contributed by atoms with E-state index in [1.54, 1.807) is 12.1 Å². The Hall–Kier alpha value is -0.750. The maximum absolute atomic E-state index is 13.8. The normalized spacial score (nSPS) is 14.8. The van der Waals surface area contributed by atoms with E-state index in [9.17, 15) is 26.3 Å². The first kappa shape index (κ1) is 37.4. The van der Waals surface area contributed by atoms with Gasteiger partial charge in [-0.3, -0.25) is 4.98 Å². The van der Waals surface area contributed by atoms with Crippen LogP contribution in [0.5, 0.6) is 0 Å². The van der Waals surface area contributed by atoms with E-state index in [0.717, 1.165) is 12.1 Å². The van der Waals surface area contributed by atoms with Gasteiger partial charge in [0.2, 0.25) is 0 Å². The van der Waals surface area contributed by atoms with Gasteiger partial charge in [-0.1, -0.05) is 107 Å². The summed E-state index contributed by atoms with van der Waals surface area (Å²) in [6.45, 7) is 25.1. The summed E-state index contributed by atoms with van der Waals surface area (Å²) in [5.41, 5.74) is -1.47. The van der Waals surface area contributed by atoms with Crippen LogP contribution in [0.3, 0.4) is 0 Å². The summed E-state index contributed by atoms with van der Waals surface area (Å²) in [6, 6.07) is 0.495. The van der Waals surface area contributed by atoms with Gasteiger partial charge < -0.3 is 0 Å². The second-order valence-corrected chi connectivity index (χ2v) is 27.8. The van der Waals surface area contributed by atoms with E-state index in [-0.39, 0.29) is 37.8 Å². The summed E-state index contributed by atoms with van der Waals surface area (Å²) >= 11 is 12.8. The van der Waals surface area contributed by atoms with Crippen LogP contribution in [0.1, 0.15) is 106 Å². The lowest BCUT2D eigenvalue weighted by molar-refractivity contribution is -0.143. The summed E-state index contributed by atoms with van der Waals surface area (Å²) in [4.78, 5) is 5.00. The van der Waals surface area contributed by atoms with Crippen molar-refractivity contribution >= 4 is 35.7 Å². The zero-order valence-electron chi connectivity index (χ0n) is 26.7. The van der Waals surface area contributed by atoms with Crippen LogP contribution < -0.4 is 0 Å². The number of hydrogen-bond donors (Lipinski definition) is 0. The highest BCUT2D eigenvalue weighted by Crippen LogP contribution is 2.70. The molecule has 0 aliphatic carbocycles. The van der Waals surface area contributed by atoms with Gasteiger partial charge in [-0.15, -0.1) is 0 Å². The molecule has 1 aromatic heterocycles. The zero-order chi connectivity index (χ0) is 33.1. The van der Waals surface area contributed by atoms with Crippen LogP contribution in [-0.4, -0.2) is 25.6 Å². The van der Waals surface area contributed by atoms with Crippen LogP contribution in [0.4, 0.5) is 26.3 Å². The van der Waals surface area contributed by atoms with Crippen molar-refractivity contribution in [3.63, 3.8) is 0 Å². The summed E-state index contributed by atoms with van der Waals surface area (Å²) < 4.78 is 82.7. The highest BCUT2D eigenvalue weighted by molar-refractivity contribution is 8.16. The molecule has 1 heterocycles. The average molecular weight is 672 g/mol. The number of hydrogen-bond acceptors (Lipinski definition) is 3. The summed E-state index contributed by atoms with van der Waals surface area (Å²) in [7, 11) is 0. The van der Waals surface area contributed by atoms with Gasteiger partial charge in [-0.25, -0.2) is 0 Å². The van der Waals surface area contributed by atoms with Gasteiger partial charge in [0.05, 0.1) is 11.1 Å². The second-order valence-electron chi connectivity index (χ2n) is 15.1. The number of aromatic nitrogens is 1. The molecule has 0 aliphatic rings. The van der Waals surface area contributed by atoms with Crippen LogP contribution in [0.15, 0.2) is 30.3 Å². The smallest absolute Gasteiger partial charge is 0.257 e. The number of rotatable bonds is 5. The number of nitrogens with zero attached hydrogens (tertiary/aromatic N) is 1. The van der Waals surface area contributed by atoms with Gasteiger partial charge >= 0.3 is 12.4 Å². The van der Waals surface area contributed by atoms with Gasteiger partial charge in [0.25, 0.3) is 0 Å². The largest absolute Gasteiger partial charge is 0.416 e. The van der Waals surface area contributed by atoms with E-state index in [2.05, 4.69) is 83.1 Å². The molecule has 2 rings (SSSR count). The fraction of sp³-hybridized carbons (Fsp3) is 0.645. The molecule has 0 amide bonds. The maximum atomic E-state index is 13.8. The molecule has 0 N–H and O–H groups in total. The molecular weight excluding hydrogens is 626 g/mol. The lowest BCUT2D eigenvalue weighted by Gasteiger charge is -2.46. The predicted octanol–water partition coefficient (Wildman–Crippen LogP) is 11.9. The van der Waals surface area contributed by atoms with Crippen LogP contribution in [0.25, 0.3) is 11.1 Å². The molecule has 0 bridgehead atoms. The van der Waals surface area contributed by atoms with Gasteiger partial charge in [-0.2, -0.15) is 26.3 Å². The first-order chi connectivity index (χ1) is 18.3. The Morgan fingerprint density at radius 1 is 0.500 bits per heavy atom. The molecular formula is C31H45F6NP2S2. The Labute approximate surface area is 258 Å². The van der Waals surface area contributed by atoms with E-state index in [4.69, 9.17) is 28.6 Å². The van der Waals surface area contributed by atoms with Gasteiger partial charge in [0.15, 0.2) is 0 Å². The topological polar surface area (TPSA) is 12.9 Å². The first-order valence-corrected chi connectivity index (χ1v) is 19.8. The van der Waals surface area contributed by atoms with Crippen molar-refractivity contribution in [3.05, 3.63) is 52.8 Å². The summed E-state index contributed by atoms with van der Waals surface area (Å²) in [5, 5.41) is -1.04. The maximum Gasteiger partial charge on any atom is 0.416 e. The van der Waals surface area contributed by atoms with Crippen LogP contribution in [0.2, 0.25) is 0 Å². The number of benzene rings is 1. The standard InChI is InChI=1S/C31H45F6NP2S2/c1-26(2,3)39(41,27(4,5)6)18-24-15-21(16-25(38-24)19-40(42,28(7,8)9)29(10,11)12)20-13-22(30(32,33)34)17-23(14-20)31(35,36)37/h13-17H,18-19H2,1-12H3. The van der Waals surface area contributed by atoms with E-state index in [1.807, 2.05) is 0 Å². The van der Waals surface area contributed by atoms with Gasteiger partial charge in [0, 0.05) is 23.7 Å². The van der Waals surface area contributed by atoms with Crippen molar-refractivity contribution in [2.45, 2.75) is 128 Å². The minimum atomic E-state index is -4.95. The van der Waals surface area contributed by atoms with Crippen molar-refractivity contribution in [2.75, 3.05) is 0 Å². The van der Waals surface area contributed by atoms with Crippen LogP contribution in [0, 0.1) is 0 Å². The third kappa shape index (κ3) is 7.90. The Morgan fingerprint density at radius 3 is 1.00 bits per heavy atom. The SMILES string of the molecule is CC(C)(C)P(=S)(Cc1cc(-c2cc(C(F)(F)F)cc(C(F)(F)F)c2)cc(CP(=S)(C(C)(C)C)C(C)(C)C)n1)C(C)(C)C. The third-order valence-electron chi connectivity index (χ3n) is 7.96. The van der Waals surface area contributed by atoms with E-state index in [1.165, 1.54) is 0 Å². The average Bonchev–Trinajstić information content (AvgIpc) is 2.74. The van der Waals surface area contributed by atoms with Crippen molar-refractivity contribution < 1.29 is 26.3 Å². The van der Waals surface area contributed by atoms with Crippen LogP contribution in [-0.2, 0) is 48.3 Å². The van der Waals surface area contributed by atoms with E-state index in [0.29, 0.717) is 23.7 Å².